The Morgan fingerprint density at radius 1 is 0.500 bits per heavy atom. The molecule has 0 saturated carbocycles. The van der Waals surface area contributed by atoms with Crippen molar-refractivity contribution in [1.82, 2.24) is 18.6 Å². The Bertz CT molecular complexity index is 2690. The summed E-state index contributed by atoms with van der Waals surface area (Å²) in [4.78, 5) is 11.7. The molecule has 8 rings (SSSR count). The summed E-state index contributed by atoms with van der Waals surface area (Å²) in [6.45, 7) is 10.3. The number of hydrogen-bond donors (Lipinski definition) is 0. The SMILES string of the molecule is Cc1cccc(-c2csc(N3CCN(S(=O)(=O)c4c(F)cccc4F)CC3)n2)c1C.Cc1cccc(C)c1-c1csc(N2CCN(S(=O)(=O)c3c(F)cccc3F)CC2)n1. The van der Waals surface area contributed by atoms with E-state index in [1.807, 2.05) is 64.7 Å². The summed E-state index contributed by atoms with van der Waals surface area (Å²) in [5.74, 6) is -4.29. The molecule has 2 aliphatic rings. The molecule has 0 unspecified atom stereocenters. The quantitative estimate of drug-likeness (QED) is 0.140. The van der Waals surface area contributed by atoms with Crippen LogP contribution in [-0.4, -0.2) is 87.8 Å². The fourth-order valence-corrected chi connectivity index (χ4v) is 12.1. The van der Waals surface area contributed by atoms with E-state index in [2.05, 4.69) is 19.9 Å². The topological polar surface area (TPSA) is 107 Å². The minimum absolute atomic E-state index is 0.133. The zero-order valence-corrected chi connectivity index (χ0v) is 36.5. The van der Waals surface area contributed by atoms with Gasteiger partial charge in [-0.2, -0.15) is 8.61 Å². The lowest BCUT2D eigenvalue weighted by Gasteiger charge is -2.33. The summed E-state index contributed by atoms with van der Waals surface area (Å²) in [6.07, 6.45) is 0. The normalized spacial score (nSPS) is 15.5. The van der Waals surface area contributed by atoms with E-state index in [1.165, 1.54) is 33.8 Å². The van der Waals surface area contributed by atoms with Crippen LogP contribution in [0.15, 0.2) is 93.3 Å². The maximum Gasteiger partial charge on any atom is 0.249 e. The molecule has 0 atom stereocenters. The van der Waals surface area contributed by atoms with Crippen LogP contribution in [0.2, 0.25) is 0 Å². The van der Waals surface area contributed by atoms with Crippen molar-refractivity contribution < 1.29 is 34.4 Å². The smallest absolute Gasteiger partial charge is 0.249 e. The Morgan fingerprint density at radius 3 is 1.32 bits per heavy atom. The monoisotopic (exact) mass is 898 g/mol. The van der Waals surface area contributed by atoms with Crippen molar-refractivity contribution in [3.63, 3.8) is 0 Å². The van der Waals surface area contributed by atoms with Crippen molar-refractivity contribution >= 4 is 53.0 Å². The van der Waals surface area contributed by atoms with Gasteiger partial charge in [0.1, 0.15) is 23.3 Å². The zero-order valence-electron chi connectivity index (χ0n) is 33.2. The van der Waals surface area contributed by atoms with Gasteiger partial charge in [-0.1, -0.05) is 48.5 Å². The van der Waals surface area contributed by atoms with Crippen LogP contribution in [0.1, 0.15) is 22.3 Å². The van der Waals surface area contributed by atoms with Crippen molar-refractivity contribution in [3.8, 4) is 22.5 Å². The summed E-state index contributed by atoms with van der Waals surface area (Å²) in [5.41, 5.74) is 8.64. The molecular formula is C42H42F4N6O4S4. The van der Waals surface area contributed by atoms with Crippen LogP contribution in [0, 0.1) is 51.0 Å². The molecule has 60 heavy (non-hydrogen) atoms. The summed E-state index contributed by atoms with van der Waals surface area (Å²) in [6, 6.07) is 18.3. The van der Waals surface area contributed by atoms with Gasteiger partial charge in [0.25, 0.3) is 0 Å². The molecule has 0 spiro atoms. The van der Waals surface area contributed by atoms with Crippen LogP contribution in [0.3, 0.4) is 0 Å². The van der Waals surface area contributed by atoms with Gasteiger partial charge >= 0.3 is 0 Å². The third-order valence-corrected chi connectivity index (χ3v) is 16.4. The van der Waals surface area contributed by atoms with Crippen LogP contribution in [0.25, 0.3) is 22.5 Å². The lowest BCUT2D eigenvalue weighted by atomic mass is 10.0. The summed E-state index contributed by atoms with van der Waals surface area (Å²) < 4.78 is 109. The standard InChI is InChI=1S/2C21H21F2N3O2S2/c1-14-5-3-6-16(15(14)2)19-13-29-21(24-19)25-9-11-26(12-10-25)30(27,28)20-17(22)7-4-8-18(20)23;1-14-5-3-6-15(2)19(14)18-13-29-21(24-18)25-9-11-26(12-10-25)30(27,28)20-16(22)7-4-8-17(20)23/h2*3-8,13H,9-12H2,1-2H3. The average molecular weight is 899 g/mol. The van der Waals surface area contributed by atoms with E-state index in [0.717, 1.165) is 88.9 Å². The number of hydrogen-bond acceptors (Lipinski definition) is 10. The van der Waals surface area contributed by atoms with Crippen LogP contribution >= 0.6 is 22.7 Å². The predicted octanol–water partition coefficient (Wildman–Crippen LogP) is 8.43. The average Bonchev–Trinajstić information content (AvgIpc) is 3.90. The molecule has 4 heterocycles. The molecule has 18 heteroatoms. The molecule has 2 aliphatic heterocycles. The maximum absolute atomic E-state index is 14.0. The molecule has 0 radical (unpaired) electrons. The van der Waals surface area contributed by atoms with Gasteiger partial charge in [0.2, 0.25) is 20.0 Å². The number of aromatic nitrogens is 2. The van der Waals surface area contributed by atoms with E-state index in [1.54, 1.807) is 0 Å². The van der Waals surface area contributed by atoms with Gasteiger partial charge in [-0.3, -0.25) is 0 Å². The van der Waals surface area contributed by atoms with Gasteiger partial charge < -0.3 is 9.80 Å². The van der Waals surface area contributed by atoms with E-state index in [-0.39, 0.29) is 26.2 Å². The van der Waals surface area contributed by atoms with Crippen LogP contribution in [0.5, 0.6) is 0 Å². The van der Waals surface area contributed by atoms with Gasteiger partial charge in [-0.05, 0) is 74.2 Å². The van der Waals surface area contributed by atoms with Crippen LogP contribution in [-0.2, 0) is 20.0 Å². The van der Waals surface area contributed by atoms with E-state index >= 15 is 0 Å². The number of anilines is 2. The Morgan fingerprint density at radius 2 is 0.867 bits per heavy atom. The molecule has 0 amide bonds. The Labute approximate surface area is 355 Å². The molecule has 0 bridgehead atoms. The molecule has 6 aromatic rings. The minimum Gasteiger partial charge on any atom is -0.345 e. The maximum atomic E-state index is 14.0. The number of thiazole rings is 2. The molecule has 2 aromatic heterocycles. The van der Waals surface area contributed by atoms with Crippen molar-refractivity contribution in [1.29, 1.82) is 0 Å². The molecule has 4 aromatic carbocycles. The Hall–Kier alpha value is -4.72. The first-order valence-corrected chi connectivity index (χ1v) is 23.6. The highest BCUT2D eigenvalue weighted by molar-refractivity contribution is 7.89. The molecule has 2 fully saturated rings. The molecule has 2 saturated heterocycles. The first-order valence-electron chi connectivity index (χ1n) is 19.0. The third kappa shape index (κ3) is 8.71. The van der Waals surface area contributed by atoms with Gasteiger partial charge in [0, 0.05) is 74.2 Å². The van der Waals surface area contributed by atoms with E-state index in [9.17, 15) is 34.4 Å². The second-order valence-electron chi connectivity index (χ2n) is 14.4. The van der Waals surface area contributed by atoms with Gasteiger partial charge in [-0.15, -0.1) is 22.7 Å². The molecule has 0 N–H and O–H groups in total. The first-order chi connectivity index (χ1) is 28.6. The summed E-state index contributed by atoms with van der Waals surface area (Å²) in [7, 11) is -8.48. The summed E-state index contributed by atoms with van der Waals surface area (Å²) >= 11 is 3.01. The molecule has 0 aliphatic carbocycles. The van der Waals surface area contributed by atoms with Crippen molar-refractivity contribution in [2.75, 3.05) is 62.2 Å². The molecule has 316 valence electrons. The van der Waals surface area contributed by atoms with Crippen molar-refractivity contribution in [3.05, 3.63) is 129 Å². The number of rotatable bonds is 8. The second-order valence-corrected chi connectivity index (χ2v) is 19.9. The fourth-order valence-electron chi connectivity index (χ4n) is 7.26. The predicted molar refractivity (Wildman–Crippen MR) is 229 cm³/mol. The Balaban J connectivity index is 0.000000181. The van der Waals surface area contributed by atoms with Crippen molar-refractivity contribution in [2.24, 2.45) is 0 Å². The highest BCUT2D eigenvalue weighted by atomic mass is 32.2. The van der Waals surface area contributed by atoms with E-state index < -0.39 is 53.1 Å². The number of benzene rings is 4. The third-order valence-electron chi connectivity index (χ3n) is 10.7. The largest absolute Gasteiger partial charge is 0.345 e. The highest BCUT2D eigenvalue weighted by Gasteiger charge is 2.35. The fraction of sp³-hybridized carbons (Fsp3) is 0.286. The number of aryl methyl sites for hydroxylation is 3. The van der Waals surface area contributed by atoms with Gasteiger partial charge in [0.05, 0.1) is 11.4 Å². The van der Waals surface area contributed by atoms with Crippen LogP contribution in [0.4, 0.5) is 27.8 Å². The summed E-state index contributed by atoms with van der Waals surface area (Å²) in [5, 5.41) is 5.61. The lowest BCUT2D eigenvalue weighted by molar-refractivity contribution is 0.378. The first kappa shape index (κ1) is 43.4. The number of halogens is 4. The molecule has 10 nitrogen and oxygen atoms in total. The van der Waals surface area contributed by atoms with E-state index in [0.29, 0.717) is 26.2 Å². The number of sulfonamides is 2. The highest BCUT2D eigenvalue weighted by Crippen LogP contribution is 2.34. The van der Waals surface area contributed by atoms with Crippen molar-refractivity contribution in [2.45, 2.75) is 37.5 Å². The molecular weight excluding hydrogens is 857 g/mol. The van der Waals surface area contributed by atoms with Gasteiger partial charge in [0.15, 0.2) is 20.1 Å². The van der Waals surface area contributed by atoms with Gasteiger partial charge in [-0.25, -0.2) is 44.4 Å². The number of nitrogens with zero attached hydrogens (tertiary/aromatic N) is 6. The minimum atomic E-state index is -4.24. The second kappa shape index (κ2) is 17.7. The lowest BCUT2D eigenvalue weighted by Crippen LogP contribution is -2.49. The number of piperazine rings is 2. The van der Waals surface area contributed by atoms with E-state index in [4.69, 9.17) is 9.97 Å². The zero-order chi connectivity index (χ0) is 42.9. The van der Waals surface area contributed by atoms with Crippen LogP contribution < -0.4 is 9.80 Å². The Kier molecular flexibility index (Phi) is 12.8.